The van der Waals surface area contributed by atoms with Crippen LogP contribution in [0.5, 0.6) is 5.75 Å². The summed E-state index contributed by atoms with van der Waals surface area (Å²) < 4.78 is 5.39. The van der Waals surface area contributed by atoms with Gasteiger partial charge in [0.1, 0.15) is 10.8 Å². The van der Waals surface area contributed by atoms with Gasteiger partial charge >= 0.3 is 0 Å². The number of carbonyl (C=O) groups excluding carboxylic acids is 1. The molecule has 17 heavy (non-hydrogen) atoms. The van der Waals surface area contributed by atoms with Crippen molar-refractivity contribution in [3.8, 4) is 18.1 Å². The molecule has 3 nitrogen and oxygen atoms in total. The number of rotatable bonds is 4. The largest absolute Gasteiger partial charge is 0.479 e. The molecular formula is C12H11Cl2NO2. The van der Waals surface area contributed by atoms with Crippen molar-refractivity contribution in [3.05, 3.63) is 28.2 Å². The maximum absolute atomic E-state index is 11.5. The molecule has 0 unspecified atom stereocenters. The number of carbonyl (C=O) groups is 1. The summed E-state index contributed by atoms with van der Waals surface area (Å²) in [5.41, 5.74) is 0. The van der Waals surface area contributed by atoms with Gasteiger partial charge in [0.25, 0.3) is 5.91 Å². The van der Waals surface area contributed by atoms with Crippen molar-refractivity contribution in [3.63, 3.8) is 0 Å². The van der Waals surface area contributed by atoms with E-state index in [1.165, 1.54) is 0 Å². The monoisotopic (exact) mass is 271 g/mol. The molecule has 5 heteroatoms. The van der Waals surface area contributed by atoms with Crippen molar-refractivity contribution < 1.29 is 9.53 Å². The van der Waals surface area contributed by atoms with Gasteiger partial charge in [0.05, 0.1) is 11.6 Å². The van der Waals surface area contributed by atoms with Gasteiger partial charge in [-0.1, -0.05) is 35.2 Å². The summed E-state index contributed by atoms with van der Waals surface area (Å²) in [4.78, 5) is 11.5. The number of nitrogens with one attached hydrogen (secondary N) is 1. The smallest absolute Gasteiger partial charge is 0.261 e. The summed E-state index contributed by atoms with van der Waals surface area (Å²) in [5, 5.41) is 3.17. The number of hydrogen-bond donors (Lipinski definition) is 1. The second kappa shape index (κ2) is 6.39. The third-order valence-electron chi connectivity index (χ3n) is 1.95. The molecule has 1 aromatic rings. The average Bonchev–Trinajstić information content (AvgIpc) is 2.31. The summed E-state index contributed by atoms with van der Waals surface area (Å²) >= 11 is 11.7. The normalized spacial score (nSPS) is 11.4. The lowest BCUT2D eigenvalue weighted by Crippen LogP contribution is -2.36. The minimum absolute atomic E-state index is 0.163. The van der Waals surface area contributed by atoms with Gasteiger partial charge in [0.2, 0.25) is 0 Å². The Hall–Kier alpha value is -1.37. The quantitative estimate of drug-likeness (QED) is 0.855. The third-order valence-corrected chi connectivity index (χ3v) is 2.76. The summed E-state index contributed by atoms with van der Waals surface area (Å²) in [6.07, 6.45) is 4.33. The molecule has 0 radical (unpaired) electrons. The first-order valence-electron chi connectivity index (χ1n) is 4.88. The van der Waals surface area contributed by atoms with Crippen molar-refractivity contribution >= 4 is 29.1 Å². The van der Waals surface area contributed by atoms with Gasteiger partial charge in [-0.25, -0.2) is 0 Å². The Kier molecular flexibility index (Phi) is 5.14. The molecule has 0 aromatic heterocycles. The van der Waals surface area contributed by atoms with E-state index in [9.17, 15) is 4.79 Å². The van der Waals surface area contributed by atoms with Crippen LogP contribution in [0.2, 0.25) is 10.0 Å². The molecule has 0 aliphatic rings. The maximum atomic E-state index is 11.5. The van der Waals surface area contributed by atoms with Gasteiger partial charge in [-0.2, -0.15) is 0 Å². The highest BCUT2D eigenvalue weighted by atomic mass is 35.5. The van der Waals surface area contributed by atoms with Crippen molar-refractivity contribution in [2.75, 3.05) is 6.54 Å². The van der Waals surface area contributed by atoms with Crippen LogP contribution in [0.4, 0.5) is 0 Å². The minimum atomic E-state index is -0.695. The Balaban J connectivity index is 2.68. The Bertz CT molecular complexity index is 454. The Morgan fingerprint density at radius 1 is 1.59 bits per heavy atom. The van der Waals surface area contributed by atoms with Crippen LogP contribution in [0, 0.1) is 12.3 Å². The number of halogens is 2. The van der Waals surface area contributed by atoms with E-state index < -0.39 is 6.10 Å². The van der Waals surface area contributed by atoms with E-state index in [-0.39, 0.29) is 17.5 Å². The molecule has 0 spiro atoms. The molecule has 1 atom stereocenters. The molecule has 1 amide bonds. The number of amides is 1. The zero-order chi connectivity index (χ0) is 12.8. The van der Waals surface area contributed by atoms with Gasteiger partial charge in [0.15, 0.2) is 6.10 Å². The molecule has 0 aliphatic heterocycles. The van der Waals surface area contributed by atoms with Crippen LogP contribution in [-0.4, -0.2) is 18.6 Å². The summed E-state index contributed by atoms with van der Waals surface area (Å²) in [5.74, 6) is 2.36. The van der Waals surface area contributed by atoms with Gasteiger partial charge in [-0.3, -0.25) is 4.79 Å². The van der Waals surface area contributed by atoms with Crippen molar-refractivity contribution in [1.82, 2.24) is 5.32 Å². The summed E-state index contributed by atoms with van der Waals surface area (Å²) in [6.45, 7) is 1.76. The van der Waals surface area contributed by atoms with Gasteiger partial charge in [-0.15, -0.1) is 6.42 Å². The molecule has 0 fully saturated rings. The van der Waals surface area contributed by atoms with Crippen LogP contribution in [-0.2, 0) is 4.79 Å². The van der Waals surface area contributed by atoms with E-state index in [1.807, 2.05) is 0 Å². The Morgan fingerprint density at radius 3 is 2.94 bits per heavy atom. The van der Waals surface area contributed by atoms with Gasteiger partial charge in [-0.05, 0) is 19.1 Å². The highest BCUT2D eigenvalue weighted by molar-refractivity contribution is 6.42. The van der Waals surface area contributed by atoms with Crippen molar-refractivity contribution in [2.24, 2.45) is 0 Å². The summed E-state index contributed by atoms with van der Waals surface area (Å²) in [6, 6.07) is 4.97. The molecule has 1 rings (SSSR count). The van der Waals surface area contributed by atoms with Crippen LogP contribution in [0.1, 0.15) is 6.92 Å². The average molecular weight is 272 g/mol. The van der Waals surface area contributed by atoms with E-state index in [0.717, 1.165) is 0 Å². The van der Waals surface area contributed by atoms with Crippen LogP contribution in [0.3, 0.4) is 0 Å². The van der Waals surface area contributed by atoms with Crippen LogP contribution >= 0.6 is 23.2 Å². The van der Waals surface area contributed by atoms with Gasteiger partial charge < -0.3 is 10.1 Å². The van der Waals surface area contributed by atoms with Gasteiger partial charge in [0, 0.05) is 0 Å². The first-order valence-corrected chi connectivity index (χ1v) is 5.63. The zero-order valence-corrected chi connectivity index (χ0v) is 10.7. The second-order valence-corrected chi connectivity index (χ2v) is 4.02. The first kappa shape index (κ1) is 13.7. The molecule has 0 bridgehead atoms. The number of hydrogen-bond acceptors (Lipinski definition) is 2. The lowest BCUT2D eigenvalue weighted by Gasteiger charge is -2.15. The zero-order valence-electron chi connectivity index (χ0n) is 9.17. The number of benzene rings is 1. The van der Waals surface area contributed by atoms with Crippen LogP contribution in [0.25, 0.3) is 0 Å². The van der Waals surface area contributed by atoms with Crippen LogP contribution in [0.15, 0.2) is 18.2 Å². The fourth-order valence-electron chi connectivity index (χ4n) is 1.10. The number of terminal acetylenes is 1. The molecule has 0 saturated carbocycles. The topological polar surface area (TPSA) is 38.3 Å². The second-order valence-electron chi connectivity index (χ2n) is 3.23. The number of ether oxygens (including phenoxy) is 1. The van der Waals surface area contributed by atoms with E-state index in [0.29, 0.717) is 10.8 Å². The SMILES string of the molecule is C#CCNC(=O)[C@H](C)Oc1cccc(Cl)c1Cl. The Morgan fingerprint density at radius 2 is 2.29 bits per heavy atom. The maximum Gasteiger partial charge on any atom is 0.261 e. The molecule has 0 saturated heterocycles. The first-order chi connectivity index (χ1) is 8.06. The van der Waals surface area contributed by atoms with Crippen molar-refractivity contribution in [2.45, 2.75) is 13.0 Å². The van der Waals surface area contributed by atoms with Crippen LogP contribution < -0.4 is 10.1 Å². The minimum Gasteiger partial charge on any atom is -0.479 e. The van der Waals surface area contributed by atoms with E-state index in [1.54, 1.807) is 25.1 Å². The Labute approximate surface area is 110 Å². The predicted octanol–water partition coefficient (Wildman–Crippen LogP) is 2.51. The molecule has 0 aliphatic carbocycles. The fraction of sp³-hybridized carbons (Fsp3) is 0.250. The summed E-state index contributed by atoms with van der Waals surface area (Å²) in [7, 11) is 0. The highest BCUT2D eigenvalue weighted by Gasteiger charge is 2.16. The molecule has 0 heterocycles. The molecule has 1 aromatic carbocycles. The fourth-order valence-corrected chi connectivity index (χ4v) is 1.44. The standard InChI is InChI=1S/C12H11Cl2NO2/c1-3-7-15-12(16)8(2)17-10-6-4-5-9(13)11(10)14/h1,4-6,8H,7H2,2H3,(H,15,16)/t8-/m0/s1. The van der Waals surface area contributed by atoms with E-state index in [4.69, 9.17) is 34.4 Å². The lowest BCUT2D eigenvalue weighted by molar-refractivity contribution is -0.126. The lowest BCUT2D eigenvalue weighted by atomic mass is 10.3. The predicted molar refractivity (Wildman–Crippen MR) is 68.4 cm³/mol. The third kappa shape index (κ3) is 3.85. The molecular weight excluding hydrogens is 261 g/mol. The van der Waals surface area contributed by atoms with E-state index >= 15 is 0 Å². The highest BCUT2D eigenvalue weighted by Crippen LogP contribution is 2.31. The van der Waals surface area contributed by atoms with Crippen molar-refractivity contribution in [1.29, 1.82) is 0 Å². The molecule has 1 N–H and O–H groups in total. The van der Waals surface area contributed by atoms with E-state index in [2.05, 4.69) is 11.2 Å². The molecule has 90 valence electrons.